The lowest BCUT2D eigenvalue weighted by molar-refractivity contribution is -0.143. The summed E-state index contributed by atoms with van der Waals surface area (Å²) in [6.45, 7) is 1.78. The predicted molar refractivity (Wildman–Crippen MR) is 79.4 cm³/mol. The van der Waals surface area contributed by atoms with E-state index in [1.807, 2.05) is 0 Å². The van der Waals surface area contributed by atoms with Gasteiger partial charge in [0, 0.05) is 22.5 Å². The lowest BCUT2D eigenvalue weighted by atomic mass is 9.96. The number of carbonyl (C=O) groups excluding carboxylic acids is 1. The van der Waals surface area contributed by atoms with Gasteiger partial charge in [0.05, 0.1) is 0 Å². The molecule has 1 aliphatic rings. The van der Waals surface area contributed by atoms with Crippen LogP contribution in [-0.2, 0) is 4.75 Å². The topological polar surface area (TPSA) is 41.5 Å². The summed E-state index contributed by atoms with van der Waals surface area (Å²) >= 11 is 6.54. The predicted octanol–water partition coefficient (Wildman–Crippen LogP) is 4.86. The second-order valence-electron chi connectivity index (χ2n) is 4.46. The minimum atomic E-state index is -4.61. The highest BCUT2D eigenvalue weighted by molar-refractivity contribution is 8.00. The molecule has 1 unspecified atom stereocenters. The van der Waals surface area contributed by atoms with Gasteiger partial charge in [0.25, 0.3) is 0 Å². The number of alkyl halides is 3. The Morgan fingerprint density at radius 3 is 2.76 bits per heavy atom. The van der Waals surface area contributed by atoms with Crippen LogP contribution >= 0.6 is 23.4 Å². The van der Waals surface area contributed by atoms with Gasteiger partial charge in [-0.15, -0.1) is 11.8 Å². The molecule has 1 aromatic carbocycles. The zero-order chi connectivity index (χ0) is 15.7. The Morgan fingerprint density at radius 2 is 2.14 bits per heavy atom. The van der Waals surface area contributed by atoms with Crippen LogP contribution in [0.2, 0.25) is 5.02 Å². The van der Waals surface area contributed by atoms with Crippen molar-refractivity contribution in [3.05, 3.63) is 28.8 Å². The number of thioether (sulfide) groups is 1. The van der Waals surface area contributed by atoms with Crippen LogP contribution in [0.25, 0.3) is 0 Å². The average molecular weight is 337 g/mol. The van der Waals surface area contributed by atoms with Gasteiger partial charge in [-0.05, 0) is 30.4 Å². The maximum absolute atomic E-state index is 13.7. The molecule has 1 aromatic rings. The molecule has 0 aromatic heterocycles. The maximum Gasteiger partial charge on any atom is 0.412 e. The lowest BCUT2D eigenvalue weighted by Crippen LogP contribution is -2.41. The Kier molecular flexibility index (Phi) is 4.53. The van der Waals surface area contributed by atoms with Crippen LogP contribution in [0, 0.1) is 0 Å². The number of fused-ring (bicyclic) bond motifs is 1. The molecule has 21 heavy (non-hydrogen) atoms. The third kappa shape index (κ3) is 3.03. The molecule has 1 heterocycles. The van der Waals surface area contributed by atoms with Crippen molar-refractivity contribution in [3.63, 3.8) is 0 Å². The second kappa shape index (κ2) is 5.88. The van der Waals surface area contributed by atoms with Gasteiger partial charge in [-0.1, -0.05) is 18.5 Å². The van der Waals surface area contributed by atoms with Crippen LogP contribution in [0.3, 0.4) is 0 Å². The molecule has 3 nitrogen and oxygen atoms in total. The Morgan fingerprint density at radius 1 is 1.43 bits per heavy atom. The number of hydrogen-bond acceptors (Lipinski definition) is 2. The third-order valence-electron chi connectivity index (χ3n) is 2.94. The molecule has 0 saturated carbocycles. The van der Waals surface area contributed by atoms with Crippen molar-refractivity contribution in [1.82, 2.24) is 0 Å². The molecule has 2 amide bonds. The molecule has 1 N–H and O–H groups in total. The van der Waals surface area contributed by atoms with Gasteiger partial charge < -0.3 is 5.32 Å². The number of nitrogens with zero attached hydrogens (tertiary/aromatic N) is 1. The first-order valence-corrected chi connectivity index (χ1v) is 7.53. The number of carbonyl (C=O) groups is 1. The molecule has 2 rings (SSSR count). The number of nitrogens with one attached hydrogen (secondary N) is 1. The molecule has 114 valence electrons. The van der Waals surface area contributed by atoms with Crippen molar-refractivity contribution in [3.8, 4) is 0 Å². The Balaban J connectivity index is 2.70. The summed E-state index contributed by atoms with van der Waals surface area (Å²) in [6.07, 6.45) is -3.37. The van der Waals surface area contributed by atoms with Crippen molar-refractivity contribution < 1.29 is 18.0 Å². The number of aliphatic imine (C=N–C) groups is 1. The van der Waals surface area contributed by atoms with Crippen LogP contribution in [0.5, 0.6) is 0 Å². The van der Waals surface area contributed by atoms with Gasteiger partial charge in [0.1, 0.15) is 0 Å². The maximum atomic E-state index is 13.7. The van der Waals surface area contributed by atoms with Crippen LogP contribution in [0.1, 0.15) is 18.9 Å². The summed E-state index contributed by atoms with van der Waals surface area (Å²) in [5.41, 5.74) is -0.0293. The first-order chi connectivity index (χ1) is 9.80. The van der Waals surface area contributed by atoms with E-state index < -0.39 is 17.0 Å². The molecular weight excluding hydrogens is 325 g/mol. The Bertz CT molecular complexity index is 591. The first-order valence-electron chi connectivity index (χ1n) is 6.17. The van der Waals surface area contributed by atoms with E-state index in [1.54, 1.807) is 6.92 Å². The summed E-state index contributed by atoms with van der Waals surface area (Å²) in [5, 5.41) is 2.51. The number of benzene rings is 1. The monoisotopic (exact) mass is 336 g/mol. The van der Waals surface area contributed by atoms with Gasteiger partial charge >= 0.3 is 12.2 Å². The van der Waals surface area contributed by atoms with E-state index in [2.05, 4.69) is 10.3 Å². The highest BCUT2D eigenvalue weighted by Crippen LogP contribution is 2.52. The molecule has 0 saturated heterocycles. The SMILES string of the molecule is CCCSC1(C(F)(F)F)C=NC(=O)Nc2ccc(Cl)cc21. The van der Waals surface area contributed by atoms with Crippen LogP contribution in [0.15, 0.2) is 23.2 Å². The molecule has 1 atom stereocenters. The standard InChI is InChI=1S/C13H12ClF3N2OS/c1-2-5-21-12(13(15,16)17)7-18-11(20)19-10-4-3-8(14)6-9(10)12/h3-4,6-7H,2,5H2,1H3,(H,19,20). The number of urea groups is 1. The second-order valence-corrected chi connectivity index (χ2v) is 6.24. The summed E-state index contributed by atoms with van der Waals surface area (Å²) in [5.74, 6) is 0.270. The summed E-state index contributed by atoms with van der Waals surface area (Å²) < 4.78 is 38.8. The van der Waals surface area contributed by atoms with Crippen molar-refractivity contribution in [1.29, 1.82) is 0 Å². The van der Waals surface area contributed by atoms with Crippen LogP contribution in [-0.4, -0.2) is 24.2 Å². The van der Waals surface area contributed by atoms with Gasteiger partial charge in [0.2, 0.25) is 0 Å². The molecular formula is C13H12ClF3N2OS. The largest absolute Gasteiger partial charge is 0.412 e. The number of anilines is 1. The average Bonchev–Trinajstić information content (AvgIpc) is 2.53. The summed E-state index contributed by atoms with van der Waals surface area (Å²) in [7, 11) is 0. The van der Waals surface area contributed by atoms with Gasteiger partial charge in [-0.25, -0.2) is 9.79 Å². The quantitative estimate of drug-likeness (QED) is 0.856. The Labute approximate surface area is 129 Å². The number of rotatable bonds is 3. The highest BCUT2D eigenvalue weighted by atomic mass is 35.5. The fourth-order valence-electron chi connectivity index (χ4n) is 1.99. The molecule has 0 radical (unpaired) electrons. The van der Waals surface area contributed by atoms with E-state index >= 15 is 0 Å². The van der Waals surface area contributed by atoms with Gasteiger partial charge in [0.15, 0.2) is 4.75 Å². The fourth-order valence-corrected chi connectivity index (χ4v) is 3.30. The van der Waals surface area contributed by atoms with E-state index in [9.17, 15) is 18.0 Å². The van der Waals surface area contributed by atoms with Crippen molar-refractivity contribution in [2.75, 3.05) is 11.1 Å². The normalized spacial score (nSPS) is 21.7. The first kappa shape index (κ1) is 16.2. The zero-order valence-electron chi connectivity index (χ0n) is 11.0. The van der Waals surface area contributed by atoms with E-state index in [4.69, 9.17) is 11.6 Å². The summed E-state index contributed by atoms with van der Waals surface area (Å²) in [4.78, 5) is 14.9. The van der Waals surface area contributed by atoms with Gasteiger partial charge in [-0.3, -0.25) is 0 Å². The summed E-state index contributed by atoms with van der Waals surface area (Å²) in [6, 6.07) is 3.18. The molecule has 0 aliphatic carbocycles. The lowest BCUT2D eigenvalue weighted by Gasteiger charge is -2.32. The third-order valence-corrected chi connectivity index (χ3v) is 4.80. The molecule has 8 heteroatoms. The highest BCUT2D eigenvalue weighted by Gasteiger charge is 2.57. The van der Waals surface area contributed by atoms with Crippen molar-refractivity contribution >= 4 is 41.3 Å². The van der Waals surface area contributed by atoms with Crippen LogP contribution < -0.4 is 5.32 Å². The smallest absolute Gasteiger partial charge is 0.306 e. The van der Waals surface area contributed by atoms with E-state index in [0.29, 0.717) is 24.4 Å². The van der Waals surface area contributed by atoms with Crippen LogP contribution in [0.4, 0.5) is 23.7 Å². The molecule has 0 bridgehead atoms. The molecule has 1 aliphatic heterocycles. The Hall–Kier alpha value is -1.21. The molecule has 0 spiro atoms. The van der Waals surface area contributed by atoms with E-state index in [-0.39, 0.29) is 22.0 Å². The number of amides is 2. The van der Waals surface area contributed by atoms with Crippen molar-refractivity contribution in [2.24, 2.45) is 4.99 Å². The number of halogens is 4. The van der Waals surface area contributed by atoms with E-state index in [0.717, 1.165) is 0 Å². The zero-order valence-corrected chi connectivity index (χ0v) is 12.6. The fraction of sp³-hybridized carbons (Fsp3) is 0.385. The minimum Gasteiger partial charge on any atom is -0.306 e. The number of hydrogen-bond donors (Lipinski definition) is 1. The van der Waals surface area contributed by atoms with Gasteiger partial charge in [-0.2, -0.15) is 13.2 Å². The molecule has 0 fully saturated rings. The van der Waals surface area contributed by atoms with Crippen molar-refractivity contribution in [2.45, 2.75) is 24.3 Å². The van der Waals surface area contributed by atoms with E-state index in [1.165, 1.54) is 18.2 Å². The minimum absolute atomic E-state index is 0.0721.